The number of nitrogens with one attached hydrogen (secondary N) is 1. The molecule has 1 aliphatic heterocycles. The molecule has 1 rings (SSSR count). The molecule has 1 unspecified atom stereocenters. The zero-order chi connectivity index (χ0) is 12.9. The standard InChI is InChI=1S/C13H26N4/c1-5-15-13(2,10-14)11-17-8-6-12(7-9-17)16(3)4/h12,15H,5-9,11H2,1-4H3. The first-order valence-electron chi connectivity index (χ1n) is 6.56. The van der Waals surface area contributed by atoms with Gasteiger partial charge < -0.3 is 9.80 Å². The van der Waals surface area contributed by atoms with Crippen molar-refractivity contribution in [3.63, 3.8) is 0 Å². The fraction of sp³-hybridized carbons (Fsp3) is 0.923. The van der Waals surface area contributed by atoms with E-state index in [-0.39, 0.29) is 0 Å². The van der Waals surface area contributed by atoms with Crippen LogP contribution in [0.5, 0.6) is 0 Å². The van der Waals surface area contributed by atoms with E-state index in [4.69, 9.17) is 0 Å². The monoisotopic (exact) mass is 238 g/mol. The Hall–Kier alpha value is -0.630. The van der Waals surface area contributed by atoms with E-state index in [1.807, 2.05) is 13.8 Å². The summed E-state index contributed by atoms with van der Waals surface area (Å²) in [6.07, 6.45) is 2.42. The third kappa shape index (κ3) is 4.27. The van der Waals surface area contributed by atoms with Crippen molar-refractivity contribution >= 4 is 0 Å². The lowest BCUT2D eigenvalue weighted by Crippen LogP contribution is -2.53. The van der Waals surface area contributed by atoms with Crippen molar-refractivity contribution in [1.82, 2.24) is 15.1 Å². The first kappa shape index (κ1) is 14.4. The maximum atomic E-state index is 9.24. The van der Waals surface area contributed by atoms with Gasteiger partial charge in [-0.05, 0) is 53.5 Å². The molecule has 1 N–H and O–H groups in total. The largest absolute Gasteiger partial charge is 0.306 e. The van der Waals surface area contributed by atoms with Crippen LogP contribution in [0.1, 0.15) is 26.7 Å². The summed E-state index contributed by atoms with van der Waals surface area (Å²) < 4.78 is 0. The molecule has 17 heavy (non-hydrogen) atoms. The van der Waals surface area contributed by atoms with E-state index >= 15 is 0 Å². The molecule has 1 aliphatic rings. The summed E-state index contributed by atoms with van der Waals surface area (Å²) in [6.45, 7) is 7.93. The van der Waals surface area contributed by atoms with Crippen LogP contribution in [0.4, 0.5) is 0 Å². The molecular formula is C13H26N4. The Balaban J connectivity index is 2.42. The van der Waals surface area contributed by atoms with E-state index in [1.165, 1.54) is 12.8 Å². The second kappa shape index (κ2) is 6.34. The predicted molar refractivity (Wildman–Crippen MR) is 70.8 cm³/mol. The van der Waals surface area contributed by atoms with Crippen LogP contribution in [-0.4, -0.2) is 61.7 Å². The molecule has 1 atom stereocenters. The van der Waals surface area contributed by atoms with E-state index in [9.17, 15) is 5.26 Å². The Morgan fingerprint density at radius 2 is 2.00 bits per heavy atom. The zero-order valence-electron chi connectivity index (χ0n) is 11.7. The third-order valence-electron chi connectivity index (χ3n) is 3.64. The predicted octanol–water partition coefficient (Wildman–Crippen LogP) is 0.904. The molecular weight excluding hydrogens is 212 g/mol. The van der Waals surface area contributed by atoms with Crippen LogP contribution in [-0.2, 0) is 0 Å². The number of likely N-dealkylation sites (tertiary alicyclic amines) is 1. The van der Waals surface area contributed by atoms with Crippen LogP contribution in [0.3, 0.4) is 0 Å². The highest BCUT2D eigenvalue weighted by Gasteiger charge is 2.28. The van der Waals surface area contributed by atoms with Gasteiger partial charge in [-0.1, -0.05) is 6.92 Å². The second-order valence-corrected chi connectivity index (χ2v) is 5.45. The van der Waals surface area contributed by atoms with E-state index < -0.39 is 5.54 Å². The number of hydrogen-bond acceptors (Lipinski definition) is 4. The normalized spacial score (nSPS) is 22.4. The molecule has 1 saturated heterocycles. The molecule has 0 bridgehead atoms. The van der Waals surface area contributed by atoms with Crippen LogP contribution < -0.4 is 5.32 Å². The van der Waals surface area contributed by atoms with Crippen molar-refractivity contribution in [2.75, 3.05) is 40.3 Å². The van der Waals surface area contributed by atoms with Gasteiger partial charge in [0.05, 0.1) is 6.07 Å². The zero-order valence-corrected chi connectivity index (χ0v) is 11.7. The summed E-state index contributed by atoms with van der Waals surface area (Å²) >= 11 is 0. The Morgan fingerprint density at radius 3 is 2.41 bits per heavy atom. The van der Waals surface area contributed by atoms with Gasteiger partial charge in [-0.2, -0.15) is 5.26 Å². The van der Waals surface area contributed by atoms with E-state index in [0.717, 1.165) is 26.2 Å². The fourth-order valence-corrected chi connectivity index (χ4v) is 2.56. The van der Waals surface area contributed by atoms with E-state index in [2.05, 4.69) is 35.3 Å². The minimum Gasteiger partial charge on any atom is -0.306 e. The Bertz CT molecular complexity index is 263. The van der Waals surface area contributed by atoms with Gasteiger partial charge in [0, 0.05) is 12.6 Å². The third-order valence-corrected chi connectivity index (χ3v) is 3.64. The number of nitriles is 1. The molecule has 0 amide bonds. The van der Waals surface area contributed by atoms with Gasteiger partial charge in [0.15, 0.2) is 0 Å². The van der Waals surface area contributed by atoms with Gasteiger partial charge in [0.2, 0.25) is 0 Å². The summed E-state index contributed by atoms with van der Waals surface area (Å²) in [6, 6.07) is 3.10. The molecule has 1 fully saturated rings. The highest BCUT2D eigenvalue weighted by Crippen LogP contribution is 2.16. The number of rotatable bonds is 5. The fourth-order valence-electron chi connectivity index (χ4n) is 2.56. The van der Waals surface area contributed by atoms with Gasteiger partial charge in [-0.3, -0.25) is 5.32 Å². The second-order valence-electron chi connectivity index (χ2n) is 5.45. The van der Waals surface area contributed by atoms with Crippen LogP contribution in [0.25, 0.3) is 0 Å². The first-order chi connectivity index (χ1) is 8.00. The molecule has 0 aromatic carbocycles. The number of likely N-dealkylation sites (N-methyl/N-ethyl adjacent to an activating group) is 1. The van der Waals surface area contributed by atoms with E-state index in [0.29, 0.717) is 6.04 Å². The molecule has 0 radical (unpaired) electrons. The summed E-state index contributed by atoms with van der Waals surface area (Å²) in [4.78, 5) is 4.72. The van der Waals surface area contributed by atoms with Gasteiger partial charge in [-0.15, -0.1) is 0 Å². The molecule has 0 spiro atoms. The van der Waals surface area contributed by atoms with Crippen LogP contribution >= 0.6 is 0 Å². The average molecular weight is 238 g/mol. The molecule has 0 saturated carbocycles. The number of piperidine rings is 1. The summed E-state index contributed by atoms with van der Waals surface area (Å²) in [5.41, 5.74) is -0.403. The van der Waals surface area contributed by atoms with Crippen molar-refractivity contribution in [2.24, 2.45) is 0 Å². The molecule has 98 valence electrons. The molecule has 0 aliphatic carbocycles. The van der Waals surface area contributed by atoms with Gasteiger partial charge in [0.25, 0.3) is 0 Å². The number of hydrogen-bond donors (Lipinski definition) is 1. The van der Waals surface area contributed by atoms with Crippen LogP contribution in [0, 0.1) is 11.3 Å². The van der Waals surface area contributed by atoms with Crippen molar-refractivity contribution in [2.45, 2.75) is 38.3 Å². The van der Waals surface area contributed by atoms with Crippen molar-refractivity contribution in [1.29, 1.82) is 5.26 Å². The maximum Gasteiger partial charge on any atom is 0.116 e. The van der Waals surface area contributed by atoms with Crippen molar-refractivity contribution < 1.29 is 0 Å². The lowest BCUT2D eigenvalue weighted by Gasteiger charge is -2.38. The topological polar surface area (TPSA) is 42.3 Å². The molecule has 1 heterocycles. The Kier molecular flexibility index (Phi) is 5.38. The number of nitrogens with zero attached hydrogens (tertiary/aromatic N) is 3. The summed E-state index contributed by atoms with van der Waals surface area (Å²) in [7, 11) is 4.30. The average Bonchev–Trinajstić information content (AvgIpc) is 2.30. The van der Waals surface area contributed by atoms with Crippen LogP contribution in [0.15, 0.2) is 0 Å². The lowest BCUT2D eigenvalue weighted by molar-refractivity contribution is 0.127. The quantitative estimate of drug-likeness (QED) is 0.773. The Morgan fingerprint density at radius 1 is 1.41 bits per heavy atom. The van der Waals surface area contributed by atoms with Gasteiger partial charge in [-0.25, -0.2) is 0 Å². The van der Waals surface area contributed by atoms with Gasteiger partial charge in [0.1, 0.15) is 5.54 Å². The minimum atomic E-state index is -0.403. The highest BCUT2D eigenvalue weighted by molar-refractivity contribution is 5.06. The van der Waals surface area contributed by atoms with E-state index in [1.54, 1.807) is 0 Å². The summed E-state index contributed by atoms with van der Waals surface area (Å²) in [5, 5.41) is 12.5. The highest BCUT2D eigenvalue weighted by atomic mass is 15.2. The lowest BCUT2D eigenvalue weighted by atomic mass is 9.99. The smallest absolute Gasteiger partial charge is 0.116 e. The minimum absolute atomic E-state index is 0.403. The van der Waals surface area contributed by atoms with Gasteiger partial charge >= 0.3 is 0 Å². The molecule has 4 heteroatoms. The molecule has 0 aromatic heterocycles. The SMILES string of the molecule is CCNC(C)(C#N)CN1CCC(N(C)C)CC1. The maximum absolute atomic E-state index is 9.24. The van der Waals surface area contributed by atoms with Crippen molar-refractivity contribution in [3.05, 3.63) is 0 Å². The van der Waals surface area contributed by atoms with Crippen LogP contribution in [0.2, 0.25) is 0 Å². The molecule has 0 aromatic rings. The molecule has 4 nitrogen and oxygen atoms in total. The first-order valence-corrected chi connectivity index (χ1v) is 6.56. The Labute approximate surface area is 106 Å². The summed E-state index contributed by atoms with van der Waals surface area (Å²) in [5.74, 6) is 0. The van der Waals surface area contributed by atoms with Crippen molar-refractivity contribution in [3.8, 4) is 6.07 Å².